The summed E-state index contributed by atoms with van der Waals surface area (Å²) in [7, 11) is 0. The lowest BCUT2D eigenvalue weighted by molar-refractivity contribution is -0.385. The number of carbonyl (C=O) groups is 1. The third-order valence-corrected chi connectivity index (χ3v) is 1.30. The number of nitro groups is 1. The molecule has 64 valence electrons. The fourth-order valence-corrected chi connectivity index (χ4v) is 0.759. The SMILES string of the molecule is Cc1oc(C(=O)O)cc1[N+](=O)[O-]. The fourth-order valence-electron chi connectivity index (χ4n) is 0.759. The van der Waals surface area contributed by atoms with Crippen molar-refractivity contribution < 1.29 is 19.2 Å². The molecular formula is C6H5NO5. The smallest absolute Gasteiger partial charge is 0.372 e. The van der Waals surface area contributed by atoms with E-state index in [0.29, 0.717) is 0 Å². The molecule has 0 aliphatic heterocycles. The lowest BCUT2D eigenvalue weighted by atomic mass is 10.4. The van der Waals surface area contributed by atoms with Crippen molar-refractivity contribution in [2.24, 2.45) is 0 Å². The highest BCUT2D eigenvalue weighted by Crippen LogP contribution is 2.21. The third kappa shape index (κ3) is 1.26. The average Bonchev–Trinajstić information content (AvgIpc) is 2.30. The second-order valence-electron chi connectivity index (χ2n) is 2.11. The normalized spacial score (nSPS) is 9.75. The van der Waals surface area contributed by atoms with Gasteiger partial charge < -0.3 is 9.52 Å². The van der Waals surface area contributed by atoms with Crippen LogP contribution >= 0.6 is 0 Å². The molecule has 0 aliphatic rings. The van der Waals surface area contributed by atoms with E-state index in [1.54, 1.807) is 0 Å². The molecule has 6 heteroatoms. The van der Waals surface area contributed by atoms with Gasteiger partial charge in [-0.1, -0.05) is 0 Å². The molecule has 1 rings (SSSR count). The predicted molar refractivity (Wildman–Crippen MR) is 37.1 cm³/mol. The summed E-state index contributed by atoms with van der Waals surface area (Å²) in [6.45, 7) is 1.34. The van der Waals surface area contributed by atoms with Crippen molar-refractivity contribution in [2.45, 2.75) is 6.92 Å². The minimum atomic E-state index is -1.31. The van der Waals surface area contributed by atoms with Crippen LogP contribution in [0.5, 0.6) is 0 Å². The topological polar surface area (TPSA) is 93.6 Å². The minimum Gasteiger partial charge on any atom is -0.475 e. The van der Waals surface area contributed by atoms with Crippen LogP contribution in [-0.2, 0) is 0 Å². The third-order valence-electron chi connectivity index (χ3n) is 1.30. The predicted octanol–water partition coefficient (Wildman–Crippen LogP) is 1.19. The number of hydrogen-bond acceptors (Lipinski definition) is 4. The molecule has 0 fully saturated rings. The number of hydrogen-bond donors (Lipinski definition) is 1. The Morgan fingerprint density at radius 2 is 2.33 bits per heavy atom. The first-order valence-electron chi connectivity index (χ1n) is 3.00. The van der Waals surface area contributed by atoms with Gasteiger partial charge in [0, 0.05) is 6.92 Å². The Bertz CT molecular complexity index is 340. The zero-order chi connectivity index (χ0) is 9.30. The van der Waals surface area contributed by atoms with Crippen molar-refractivity contribution in [1.82, 2.24) is 0 Å². The summed E-state index contributed by atoms with van der Waals surface area (Å²) in [5.41, 5.74) is -0.313. The monoisotopic (exact) mass is 171 g/mol. The number of aryl methyl sites for hydroxylation is 1. The number of furan rings is 1. The van der Waals surface area contributed by atoms with Gasteiger partial charge in [-0.05, 0) is 0 Å². The maximum atomic E-state index is 10.3. The Labute approximate surface area is 66.6 Å². The summed E-state index contributed by atoms with van der Waals surface area (Å²) >= 11 is 0. The fraction of sp³-hybridized carbons (Fsp3) is 0.167. The number of carboxylic acid groups (broad SMARTS) is 1. The Hall–Kier alpha value is -1.85. The highest BCUT2D eigenvalue weighted by Gasteiger charge is 2.20. The van der Waals surface area contributed by atoms with Gasteiger partial charge in [0.25, 0.3) is 0 Å². The van der Waals surface area contributed by atoms with Crippen molar-refractivity contribution in [3.8, 4) is 0 Å². The van der Waals surface area contributed by atoms with Crippen LogP contribution in [0.25, 0.3) is 0 Å². The summed E-state index contributed by atoms with van der Waals surface area (Å²) in [6, 6.07) is 0.887. The molecule has 1 N–H and O–H groups in total. The zero-order valence-corrected chi connectivity index (χ0v) is 6.10. The number of nitrogens with zero attached hydrogens (tertiary/aromatic N) is 1. The molecule has 0 spiro atoms. The van der Waals surface area contributed by atoms with Crippen molar-refractivity contribution in [3.05, 3.63) is 27.7 Å². The van der Waals surface area contributed by atoms with E-state index in [4.69, 9.17) is 5.11 Å². The molecule has 0 aliphatic carbocycles. The Kier molecular flexibility index (Phi) is 1.82. The van der Waals surface area contributed by atoms with Crippen molar-refractivity contribution in [3.63, 3.8) is 0 Å². The average molecular weight is 171 g/mol. The summed E-state index contributed by atoms with van der Waals surface area (Å²) in [5, 5.41) is 18.6. The Morgan fingerprint density at radius 1 is 1.75 bits per heavy atom. The number of carboxylic acids is 1. The molecule has 0 radical (unpaired) electrons. The highest BCUT2D eigenvalue weighted by atomic mass is 16.6. The van der Waals surface area contributed by atoms with Gasteiger partial charge in [-0.15, -0.1) is 0 Å². The lowest BCUT2D eigenvalue weighted by Gasteiger charge is -1.82. The van der Waals surface area contributed by atoms with Gasteiger partial charge >= 0.3 is 11.7 Å². The molecule has 0 saturated carbocycles. The van der Waals surface area contributed by atoms with E-state index in [1.165, 1.54) is 6.92 Å². The van der Waals surface area contributed by atoms with Gasteiger partial charge in [-0.25, -0.2) is 4.79 Å². The van der Waals surface area contributed by atoms with E-state index in [0.717, 1.165) is 6.07 Å². The molecular weight excluding hydrogens is 166 g/mol. The van der Waals surface area contributed by atoms with Crippen LogP contribution in [0.15, 0.2) is 10.5 Å². The molecule has 6 nitrogen and oxygen atoms in total. The number of aromatic carboxylic acids is 1. The molecule has 0 amide bonds. The molecule has 1 heterocycles. The van der Waals surface area contributed by atoms with Gasteiger partial charge in [-0.2, -0.15) is 0 Å². The Morgan fingerprint density at radius 3 is 2.58 bits per heavy atom. The van der Waals surface area contributed by atoms with E-state index >= 15 is 0 Å². The van der Waals surface area contributed by atoms with Gasteiger partial charge in [0.05, 0.1) is 11.0 Å². The molecule has 0 saturated heterocycles. The van der Waals surface area contributed by atoms with Crippen LogP contribution in [0.3, 0.4) is 0 Å². The van der Waals surface area contributed by atoms with E-state index in [-0.39, 0.29) is 11.4 Å². The Balaban J connectivity index is 3.17. The van der Waals surface area contributed by atoms with Crippen molar-refractivity contribution >= 4 is 11.7 Å². The van der Waals surface area contributed by atoms with Crippen molar-refractivity contribution in [1.29, 1.82) is 0 Å². The summed E-state index contributed by atoms with van der Waals surface area (Å²) in [5.74, 6) is -1.73. The van der Waals surface area contributed by atoms with Crippen LogP contribution in [-0.4, -0.2) is 16.0 Å². The van der Waals surface area contributed by atoms with E-state index < -0.39 is 16.7 Å². The molecule has 0 bridgehead atoms. The minimum absolute atomic E-state index is 0.00241. The largest absolute Gasteiger partial charge is 0.475 e. The maximum Gasteiger partial charge on any atom is 0.372 e. The van der Waals surface area contributed by atoms with Crippen LogP contribution in [0.1, 0.15) is 16.3 Å². The van der Waals surface area contributed by atoms with Crippen molar-refractivity contribution in [2.75, 3.05) is 0 Å². The second-order valence-corrected chi connectivity index (χ2v) is 2.11. The lowest BCUT2D eigenvalue weighted by Crippen LogP contribution is -1.92. The van der Waals surface area contributed by atoms with Gasteiger partial charge in [0.2, 0.25) is 5.76 Å². The first-order valence-corrected chi connectivity index (χ1v) is 3.00. The first kappa shape index (κ1) is 8.25. The van der Waals surface area contributed by atoms with Crippen LogP contribution < -0.4 is 0 Å². The van der Waals surface area contributed by atoms with E-state index in [9.17, 15) is 14.9 Å². The molecule has 0 unspecified atom stereocenters. The van der Waals surface area contributed by atoms with Crippen LogP contribution in [0.4, 0.5) is 5.69 Å². The standard InChI is InChI=1S/C6H5NO5/c1-3-4(7(10)11)2-5(12-3)6(8)9/h2H,1H3,(H,8,9). The molecule has 0 aromatic carbocycles. The molecule has 1 aromatic heterocycles. The molecule has 12 heavy (non-hydrogen) atoms. The van der Waals surface area contributed by atoms with Gasteiger partial charge in [0.15, 0.2) is 5.76 Å². The molecule has 1 aromatic rings. The first-order chi connectivity index (χ1) is 5.52. The maximum absolute atomic E-state index is 10.3. The van der Waals surface area contributed by atoms with Crippen LogP contribution in [0, 0.1) is 17.0 Å². The van der Waals surface area contributed by atoms with E-state index in [1.807, 2.05) is 0 Å². The van der Waals surface area contributed by atoms with Gasteiger partial charge in [-0.3, -0.25) is 10.1 Å². The van der Waals surface area contributed by atoms with E-state index in [2.05, 4.69) is 4.42 Å². The quantitative estimate of drug-likeness (QED) is 0.532. The summed E-state index contributed by atoms with van der Waals surface area (Å²) in [4.78, 5) is 19.8. The number of rotatable bonds is 2. The molecule has 0 atom stereocenters. The summed E-state index contributed by atoms with van der Waals surface area (Å²) in [6.07, 6.45) is 0. The highest BCUT2D eigenvalue weighted by molar-refractivity contribution is 5.85. The zero-order valence-electron chi connectivity index (χ0n) is 6.10. The van der Waals surface area contributed by atoms with Gasteiger partial charge in [0.1, 0.15) is 0 Å². The summed E-state index contributed by atoms with van der Waals surface area (Å²) < 4.78 is 4.60. The van der Waals surface area contributed by atoms with Crippen LogP contribution in [0.2, 0.25) is 0 Å². The second kappa shape index (κ2) is 2.65.